The zero-order valence-electron chi connectivity index (χ0n) is 7.58. The van der Waals surface area contributed by atoms with E-state index in [2.05, 4.69) is 12.6 Å². The monoisotopic (exact) mass is 228 g/mol. The molecule has 0 aliphatic rings. The zero-order valence-corrected chi connectivity index (χ0v) is 9.29. The van der Waals surface area contributed by atoms with Gasteiger partial charge in [0.1, 0.15) is 0 Å². The van der Waals surface area contributed by atoms with Crippen LogP contribution in [0.25, 0.3) is 10.1 Å². The van der Waals surface area contributed by atoms with Crippen molar-refractivity contribution >= 4 is 34.1 Å². The van der Waals surface area contributed by atoms with Crippen molar-refractivity contribution in [3.63, 3.8) is 0 Å². The van der Waals surface area contributed by atoms with Crippen LogP contribution in [0.1, 0.15) is 6.92 Å². The lowest BCUT2D eigenvalue weighted by molar-refractivity contribution is 0.322. The molecule has 1 aromatic heterocycles. The van der Waals surface area contributed by atoms with Crippen LogP contribution < -0.4 is 4.74 Å². The van der Waals surface area contributed by atoms with Gasteiger partial charge in [0.15, 0.2) is 11.6 Å². The molecule has 4 heteroatoms. The summed E-state index contributed by atoms with van der Waals surface area (Å²) in [6, 6.07) is 3.19. The SMILES string of the molecule is CCOc1cc2c(S)csc2cc1F. The number of fused-ring (bicyclic) bond motifs is 1. The number of thiol groups is 1. The van der Waals surface area contributed by atoms with Gasteiger partial charge in [0.25, 0.3) is 0 Å². The molecule has 0 radical (unpaired) electrons. The van der Waals surface area contributed by atoms with Gasteiger partial charge in [-0.25, -0.2) is 4.39 Å². The second kappa shape index (κ2) is 3.79. The van der Waals surface area contributed by atoms with Crippen LogP contribution in [0.5, 0.6) is 5.75 Å². The molecule has 1 heterocycles. The van der Waals surface area contributed by atoms with E-state index in [9.17, 15) is 4.39 Å². The molecular formula is C10H9FOS2. The van der Waals surface area contributed by atoms with Crippen LogP contribution in [0.15, 0.2) is 22.4 Å². The first-order valence-corrected chi connectivity index (χ1v) is 5.57. The summed E-state index contributed by atoms with van der Waals surface area (Å²) in [5.74, 6) is -0.0109. The average Bonchev–Trinajstić information content (AvgIpc) is 2.49. The molecular weight excluding hydrogens is 219 g/mol. The third-order valence-electron chi connectivity index (χ3n) is 1.91. The van der Waals surface area contributed by atoms with Crippen LogP contribution in [0.2, 0.25) is 0 Å². The number of hydrogen-bond donors (Lipinski definition) is 1. The van der Waals surface area contributed by atoms with Crippen LogP contribution in [0.3, 0.4) is 0 Å². The molecule has 0 N–H and O–H groups in total. The van der Waals surface area contributed by atoms with Crippen molar-refractivity contribution < 1.29 is 9.13 Å². The largest absolute Gasteiger partial charge is 0.491 e. The minimum absolute atomic E-state index is 0.300. The van der Waals surface area contributed by atoms with E-state index in [4.69, 9.17) is 4.74 Å². The maximum atomic E-state index is 13.4. The van der Waals surface area contributed by atoms with E-state index < -0.39 is 0 Å². The molecule has 2 rings (SSSR count). The van der Waals surface area contributed by atoms with E-state index in [-0.39, 0.29) is 5.82 Å². The number of rotatable bonds is 2. The molecule has 0 aliphatic heterocycles. The Labute approximate surface area is 90.9 Å². The van der Waals surface area contributed by atoms with Crippen LogP contribution >= 0.6 is 24.0 Å². The lowest BCUT2D eigenvalue weighted by Crippen LogP contribution is -1.93. The van der Waals surface area contributed by atoms with Crippen molar-refractivity contribution in [1.29, 1.82) is 0 Å². The van der Waals surface area contributed by atoms with Crippen molar-refractivity contribution in [3.05, 3.63) is 23.3 Å². The molecule has 1 nitrogen and oxygen atoms in total. The molecule has 0 atom stereocenters. The molecule has 14 heavy (non-hydrogen) atoms. The highest BCUT2D eigenvalue weighted by atomic mass is 32.1. The third-order valence-corrected chi connectivity index (χ3v) is 3.40. The Morgan fingerprint density at radius 3 is 3.00 bits per heavy atom. The van der Waals surface area contributed by atoms with Gasteiger partial charge in [-0.2, -0.15) is 0 Å². The molecule has 74 valence electrons. The quantitative estimate of drug-likeness (QED) is 0.771. The second-order valence-electron chi connectivity index (χ2n) is 2.83. The van der Waals surface area contributed by atoms with Crippen LogP contribution in [0, 0.1) is 5.82 Å². The van der Waals surface area contributed by atoms with E-state index in [0.717, 1.165) is 15.0 Å². The Bertz CT molecular complexity index is 464. The van der Waals surface area contributed by atoms with Crippen molar-refractivity contribution in [3.8, 4) is 5.75 Å². The van der Waals surface area contributed by atoms with E-state index in [1.807, 2.05) is 12.3 Å². The highest BCUT2D eigenvalue weighted by Gasteiger charge is 2.08. The summed E-state index contributed by atoms with van der Waals surface area (Å²) in [5, 5.41) is 2.84. The number of thiophene rings is 1. The molecule has 0 fully saturated rings. The fourth-order valence-corrected chi connectivity index (χ4v) is 2.53. The molecule has 0 unspecified atom stereocenters. The first kappa shape index (κ1) is 9.80. The maximum absolute atomic E-state index is 13.4. The highest BCUT2D eigenvalue weighted by Crippen LogP contribution is 2.33. The molecule has 0 bridgehead atoms. The first-order chi connectivity index (χ1) is 6.72. The summed E-state index contributed by atoms with van der Waals surface area (Å²) in [6.07, 6.45) is 0. The molecule has 0 saturated carbocycles. The smallest absolute Gasteiger partial charge is 0.166 e. The van der Waals surface area contributed by atoms with Gasteiger partial charge < -0.3 is 4.74 Å². The summed E-state index contributed by atoms with van der Waals surface area (Å²) < 4.78 is 19.4. The fourth-order valence-electron chi connectivity index (χ4n) is 1.28. The standard InChI is InChI=1S/C10H9FOS2/c1-2-12-8-3-6-9(13)5-14-10(6)4-7(8)11/h3-5,13H,2H2,1H3. The van der Waals surface area contributed by atoms with Crippen LogP contribution in [-0.4, -0.2) is 6.61 Å². The Morgan fingerprint density at radius 1 is 1.50 bits per heavy atom. The van der Waals surface area contributed by atoms with Crippen LogP contribution in [-0.2, 0) is 0 Å². The summed E-state index contributed by atoms with van der Waals surface area (Å²) in [5.41, 5.74) is 0. The Balaban J connectivity index is 2.61. The molecule has 0 amide bonds. The number of halogens is 1. The maximum Gasteiger partial charge on any atom is 0.166 e. The topological polar surface area (TPSA) is 9.23 Å². The summed E-state index contributed by atoms with van der Waals surface area (Å²) in [7, 11) is 0. The lowest BCUT2D eigenvalue weighted by Gasteiger charge is -2.04. The fraction of sp³-hybridized carbons (Fsp3) is 0.200. The highest BCUT2D eigenvalue weighted by molar-refractivity contribution is 7.80. The summed E-state index contributed by atoms with van der Waals surface area (Å²) in [4.78, 5) is 0.867. The third kappa shape index (κ3) is 1.60. The predicted molar refractivity (Wildman–Crippen MR) is 60.2 cm³/mol. The Kier molecular flexibility index (Phi) is 2.65. The van der Waals surface area contributed by atoms with E-state index in [1.165, 1.54) is 17.4 Å². The van der Waals surface area contributed by atoms with Gasteiger partial charge >= 0.3 is 0 Å². The van der Waals surface area contributed by atoms with E-state index >= 15 is 0 Å². The van der Waals surface area contributed by atoms with Gasteiger partial charge in [-0.1, -0.05) is 0 Å². The van der Waals surface area contributed by atoms with Crippen molar-refractivity contribution in [2.45, 2.75) is 11.8 Å². The van der Waals surface area contributed by atoms with Gasteiger partial charge in [0.2, 0.25) is 0 Å². The minimum Gasteiger partial charge on any atom is -0.491 e. The van der Waals surface area contributed by atoms with E-state index in [0.29, 0.717) is 12.4 Å². The van der Waals surface area contributed by atoms with Gasteiger partial charge in [0.05, 0.1) is 6.61 Å². The summed E-state index contributed by atoms with van der Waals surface area (Å²) >= 11 is 5.77. The first-order valence-electron chi connectivity index (χ1n) is 4.25. The van der Waals surface area contributed by atoms with Crippen molar-refractivity contribution in [2.75, 3.05) is 6.61 Å². The summed E-state index contributed by atoms with van der Waals surface area (Å²) in [6.45, 7) is 2.30. The van der Waals surface area contributed by atoms with E-state index in [1.54, 1.807) is 6.07 Å². The van der Waals surface area contributed by atoms with Crippen LogP contribution in [0.4, 0.5) is 4.39 Å². The van der Waals surface area contributed by atoms with Gasteiger partial charge in [-0.05, 0) is 19.1 Å². The van der Waals surface area contributed by atoms with Crippen molar-refractivity contribution in [1.82, 2.24) is 0 Å². The molecule has 0 saturated heterocycles. The van der Waals surface area contributed by atoms with Gasteiger partial charge in [0, 0.05) is 20.4 Å². The van der Waals surface area contributed by atoms with Crippen molar-refractivity contribution in [2.24, 2.45) is 0 Å². The number of ether oxygens (including phenoxy) is 1. The lowest BCUT2D eigenvalue weighted by atomic mass is 10.2. The molecule has 1 aromatic carbocycles. The number of benzene rings is 1. The second-order valence-corrected chi connectivity index (χ2v) is 4.23. The van der Waals surface area contributed by atoms with Gasteiger partial charge in [-0.15, -0.1) is 24.0 Å². The normalized spacial score (nSPS) is 10.8. The van der Waals surface area contributed by atoms with Gasteiger partial charge in [-0.3, -0.25) is 0 Å². The zero-order chi connectivity index (χ0) is 10.1. The molecule has 0 aliphatic carbocycles. The Hall–Kier alpha value is -0.740. The molecule has 2 aromatic rings. The molecule has 0 spiro atoms. The minimum atomic E-state index is -0.311. The Morgan fingerprint density at radius 2 is 2.29 bits per heavy atom. The average molecular weight is 228 g/mol. The number of hydrogen-bond acceptors (Lipinski definition) is 3. The predicted octanol–water partition coefficient (Wildman–Crippen LogP) is 3.73.